The summed E-state index contributed by atoms with van der Waals surface area (Å²) in [6.45, 7) is 19.7. The van der Waals surface area contributed by atoms with Gasteiger partial charge in [-0.2, -0.15) is 0 Å². The Morgan fingerprint density at radius 1 is 0.688 bits per heavy atom. The average molecular weight is 730 g/mol. The van der Waals surface area contributed by atoms with Gasteiger partial charge in [0.25, 0.3) is 0 Å². The van der Waals surface area contributed by atoms with Gasteiger partial charge in [0.1, 0.15) is 17.5 Å². The molecule has 12 heteroatoms. The van der Waals surface area contributed by atoms with Crippen molar-refractivity contribution in [3.63, 3.8) is 0 Å². The molecule has 0 amide bonds. The van der Waals surface area contributed by atoms with Gasteiger partial charge in [0.05, 0.1) is 11.2 Å². The lowest BCUT2D eigenvalue weighted by molar-refractivity contribution is 0.00578. The second-order valence-corrected chi connectivity index (χ2v) is 14.5. The van der Waals surface area contributed by atoms with Gasteiger partial charge in [-0.3, -0.25) is 0 Å². The number of rotatable bonds is 8. The zero-order chi connectivity index (χ0) is 36.7. The Kier molecular flexibility index (Phi) is 15.9. The summed E-state index contributed by atoms with van der Waals surface area (Å²) >= 11 is 17.5. The van der Waals surface area contributed by atoms with Crippen molar-refractivity contribution in [3.8, 4) is 0 Å². The van der Waals surface area contributed by atoms with E-state index in [-0.39, 0.29) is 39.9 Å². The first-order chi connectivity index (χ1) is 22.2. The van der Waals surface area contributed by atoms with E-state index in [1.54, 1.807) is 30.3 Å². The summed E-state index contributed by atoms with van der Waals surface area (Å²) in [7, 11) is -2.65. The summed E-state index contributed by atoms with van der Waals surface area (Å²) in [6, 6.07) is 11.4. The van der Waals surface area contributed by atoms with Crippen LogP contribution >= 0.6 is 34.8 Å². The Bertz CT molecular complexity index is 1510. The van der Waals surface area contributed by atoms with Crippen LogP contribution in [0.4, 0.5) is 13.2 Å². The highest BCUT2D eigenvalue weighted by Gasteiger charge is 2.53. The molecule has 3 aromatic rings. The molecule has 0 spiro atoms. The van der Waals surface area contributed by atoms with Gasteiger partial charge in [0, 0.05) is 26.0 Å². The Labute approximate surface area is 300 Å². The molecule has 0 bridgehead atoms. The SMILES string of the molecule is CC[C@@H](C)c1ccc(Cl)c(B(O)O)c1F.CC[C@@H](C)c1ccc(Cl)c(B2OC(C)(C)C(C)(C)O2)c1F.CC[C@@H](C)c1ccc(Cl)cc1F. The van der Waals surface area contributed by atoms with Gasteiger partial charge in [-0.15, -0.1) is 0 Å². The van der Waals surface area contributed by atoms with E-state index in [1.165, 1.54) is 12.1 Å². The Balaban J connectivity index is 0.000000262. The van der Waals surface area contributed by atoms with Crippen molar-refractivity contribution in [2.45, 2.75) is 117 Å². The molecule has 0 aliphatic carbocycles. The fourth-order valence-electron chi connectivity index (χ4n) is 4.91. The molecular weight excluding hydrogens is 681 g/mol. The van der Waals surface area contributed by atoms with E-state index in [1.807, 2.05) is 69.2 Å². The summed E-state index contributed by atoms with van der Waals surface area (Å²) in [5, 5.41) is 18.8. The molecule has 4 rings (SSSR count). The zero-order valence-electron chi connectivity index (χ0n) is 29.5. The Morgan fingerprint density at radius 2 is 1.10 bits per heavy atom. The minimum Gasteiger partial charge on any atom is -0.423 e. The topological polar surface area (TPSA) is 58.9 Å². The van der Waals surface area contributed by atoms with Crippen LogP contribution in [-0.2, 0) is 9.31 Å². The van der Waals surface area contributed by atoms with E-state index in [4.69, 9.17) is 54.2 Å². The largest absolute Gasteiger partial charge is 0.499 e. The molecule has 0 radical (unpaired) electrons. The quantitative estimate of drug-likeness (QED) is 0.227. The van der Waals surface area contributed by atoms with Gasteiger partial charge in [-0.1, -0.05) is 94.5 Å². The second-order valence-electron chi connectivity index (χ2n) is 13.3. The van der Waals surface area contributed by atoms with Gasteiger partial charge in [-0.25, -0.2) is 13.2 Å². The Morgan fingerprint density at radius 3 is 1.54 bits per heavy atom. The highest BCUT2D eigenvalue weighted by atomic mass is 35.5. The molecule has 1 fully saturated rings. The van der Waals surface area contributed by atoms with Crippen LogP contribution in [0.3, 0.4) is 0 Å². The van der Waals surface area contributed by atoms with Gasteiger partial charge in [-0.05, 0) is 106 Å². The van der Waals surface area contributed by atoms with Crippen LogP contribution in [0.1, 0.15) is 123 Å². The van der Waals surface area contributed by atoms with Crippen molar-refractivity contribution >= 4 is 60.0 Å². The maximum atomic E-state index is 14.9. The van der Waals surface area contributed by atoms with Crippen molar-refractivity contribution < 1.29 is 32.5 Å². The lowest BCUT2D eigenvalue weighted by Crippen LogP contribution is -2.41. The van der Waals surface area contributed by atoms with E-state index in [0.29, 0.717) is 26.6 Å². The first kappa shape index (κ1) is 42.5. The number of hydrogen-bond donors (Lipinski definition) is 2. The highest BCUT2D eigenvalue weighted by molar-refractivity contribution is 6.65. The van der Waals surface area contributed by atoms with Gasteiger partial charge >= 0.3 is 14.2 Å². The third-order valence-electron chi connectivity index (χ3n) is 9.45. The molecule has 264 valence electrons. The minimum absolute atomic E-state index is 0.0276. The molecule has 1 saturated heterocycles. The normalized spacial score (nSPS) is 16.7. The molecule has 1 aliphatic heterocycles. The summed E-state index contributed by atoms with van der Waals surface area (Å²) in [6.07, 6.45) is 2.58. The molecular formula is C36H48B2Cl3F3O4. The molecule has 48 heavy (non-hydrogen) atoms. The third kappa shape index (κ3) is 10.2. The molecule has 1 aliphatic rings. The summed E-state index contributed by atoms with van der Waals surface area (Å²) < 4.78 is 53.8. The summed E-state index contributed by atoms with van der Waals surface area (Å²) in [5.41, 5.74) is 0.917. The fraction of sp³-hybridized carbons (Fsp3) is 0.500. The molecule has 0 unspecified atom stereocenters. The predicted octanol–water partition coefficient (Wildman–Crippen LogP) is 9.96. The van der Waals surface area contributed by atoms with E-state index < -0.39 is 31.3 Å². The number of hydrogen-bond acceptors (Lipinski definition) is 4. The van der Waals surface area contributed by atoms with Gasteiger partial charge < -0.3 is 19.4 Å². The minimum atomic E-state index is -1.87. The van der Waals surface area contributed by atoms with E-state index in [0.717, 1.165) is 24.8 Å². The lowest BCUT2D eigenvalue weighted by atomic mass is 9.76. The smallest absolute Gasteiger partial charge is 0.423 e. The van der Waals surface area contributed by atoms with Gasteiger partial charge in [0.15, 0.2) is 0 Å². The van der Waals surface area contributed by atoms with Crippen LogP contribution in [0.2, 0.25) is 15.1 Å². The number of benzene rings is 3. The fourth-order valence-corrected chi connectivity index (χ4v) is 5.55. The molecule has 1 heterocycles. The van der Waals surface area contributed by atoms with E-state index >= 15 is 0 Å². The van der Waals surface area contributed by atoms with E-state index in [2.05, 4.69) is 0 Å². The van der Waals surface area contributed by atoms with Crippen molar-refractivity contribution in [2.24, 2.45) is 0 Å². The van der Waals surface area contributed by atoms with Crippen molar-refractivity contribution in [1.82, 2.24) is 0 Å². The van der Waals surface area contributed by atoms with Crippen LogP contribution < -0.4 is 10.9 Å². The van der Waals surface area contributed by atoms with Crippen LogP contribution in [0.15, 0.2) is 42.5 Å². The Hall–Kier alpha value is -1.71. The van der Waals surface area contributed by atoms with Crippen LogP contribution in [0, 0.1) is 17.5 Å². The predicted molar refractivity (Wildman–Crippen MR) is 196 cm³/mol. The molecule has 0 saturated carbocycles. The van der Waals surface area contributed by atoms with Crippen molar-refractivity contribution in [1.29, 1.82) is 0 Å². The van der Waals surface area contributed by atoms with Crippen molar-refractivity contribution in [3.05, 3.63) is 91.7 Å². The van der Waals surface area contributed by atoms with Crippen LogP contribution in [-0.4, -0.2) is 35.5 Å². The monoisotopic (exact) mass is 728 g/mol. The van der Waals surface area contributed by atoms with Gasteiger partial charge in [0.2, 0.25) is 0 Å². The maximum Gasteiger partial charge on any atom is 0.499 e. The molecule has 3 atom stereocenters. The summed E-state index contributed by atoms with van der Waals surface area (Å²) in [4.78, 5) is 0. The molecule has 3 aromatic carbocycles. The molecule has 0 aromatic heterocycles. The van der Waals surface area contributed by atoms with Crippen LogP contribution in [0.5, 0.6) is 0 Å². The third-order valence-corrected chi connectivity index (χ3v) is 10.3. The number of halogens is 6. The zero-order valence-corrected chi connectivity index (χ0v) is 31.8. The van der Waals surface area contributed by atoms with E-state index in [9.17, 15) is 13.2 Å². The molecule has 2 N–H and O–H groups in total. The van der Waals surface area contributed by atoms with Crippen molar-refractivity contribution in [2.75, 3.05) is 0 Å². The highest BCUT2D eigenvalue weighted by Crippen LogP contribution is 2.38. The molecule has 4 nitrogen and oxygen atoms in total. The second kappa shape index (κ2) is 18.0. The first-order valence-corrected chi connectivity index (χ1v) is 17.5. The maximum absolute atomic E-state index is 14.9. The first-order valence-electron chi connectivity index (χ1n) is 16.4. The van der Waals surface area contributed by atoms with Crippen LogP contribution in [0.25, 0.3) is 0 Å². The lowest BCUT2D eigenvalue weighted by Gasteiger charge is -2.32. The summed E-state index contributed by atoms with van der Waals surface area (Å²) in [5.74, 6) is -0.704. The average Bonchev–Trinajstić information content (AvgIpc) is 3.22. The standard InChI is InChI=1S/C16H23BClFO2.C10H13BClFO2.C10H12ClF/c1-7-10(2)11-8-9-12(18)13(14(11)19)17-20-15(3,4)16(5,6)21-17;1-3-6(2)7-4-5-8(12)9(10(7)13)11(14)15;1-3-7(2)9-5-4-8(11)6-10(9)12/h8-10H,7H2,1-6H3;4-6,14-15H,3H2,1-2H3;4-7H,3H2,1-2H3/t10-;6-;7-/m111/s1.